The Morgan fingerprint density at radius 3 is 2.41 bits per heavy atom. The molecule has 0 aromatic heterocycles. The lowest BCUT2D eigenvalue weighted by Gasteiger charge is -2.13. The number of hydrogen-bond acceptors (Lipinski definition) is 3. The third kappa shape index (κ3) is 5.46. The van der Waals surface area contributed by atoms with Crippen molar-refractivity contribution in [2.75, 3.05) is 11.5 Å². The molecule has 1 aromatic rings. The first-order valence-corrected chi connectivity index (χ1v) is 7.31. The molecule has 0 spiro atoms. The highest BCUT2D eigenvalue weighted by Gasteiger charge is 2.07. The molecule has 0 heterocycles. The van der Waals surface area contributed by atoms with Gasteiger partial charge in [-0.1, -0.05) is 19.1 Å². The van der Waals surface area contributed by atoms with Crippen LogP contribution in [-0.2, 0) is 0 Å². The summed E-state index contributed by atoms with van der Waals surface area (Å²) < 4.78 is 5.56. The van der Waals surface area contributed by atoms with Gasteiger partial charge in [0.25, 0.3) is 0 Å². The second-order valence-corrected chi connectivity index (χ2v) is 5.48. The molecule has 0 amide bonds. The summed E-state index contributed by atoms with van der Waals surface area (Å²) in [6.45, 7) is 6.16. The third-order valence-electron chi connectivity index (χ3n) is 2.26. The van der Waals surface area contributed by atoms with E-state index in [9.17, 15) is 5.11 Å². The van der Waals surface area contributed by atoms with Crippen LogP contribution in [0.5, 0.6) is 5.75 Å². The Morgan fingerprint density at radius 2 is 1.88 bits per heavy atom. The van der Waals surface area contributed by atoms with Crippen LogP contribution in [0.25, 0.3) is 0 Å². The summed E-state index contributed by atoms with van der Waals surface area (Å²) in [6.07, 6.45) is 0.962. The van der Waals surface area contributed by atoms with Crippen molar-refractivity contribution in [2.24, 2.45) is 0 Å². The Morgan fingerprint density at radius 1 is 1.24 bits per heavy atom. The molecule has 0 radical (unpaired) electrons. The summed E-state index contributed by atoms with van der Waals surface area (Å²) in [5, 5.41) is 9.96. The van der Waals surface area contributed by atoms with Crippen LogP contribution < -0.4 is 4.74 Å². The highest BCUT2D eigenvalue weighted by molar-refractivity contribution is 7.99. The smallest absolute Gasteiger partial charge is 0.119 e. The molecule has 1 atom stereocenters. The van der Waals surface area contributed by atoms with Crippen molar-refractivity contribution < 1.29 is 9.84 Å². The number of hydrogen-bond donors (Lipinski definition) is 1. The summed E-state index contributed by atoms with van der Waals surface area (Å²) >= 11 is 1.79. The minimum Gasteiger partial charge on any atom is -0.491 e. The molecule has 96 valence electrons. The molecule has 2 nitrogen and oxygen atoms in total. The normalized spacial score (nSPS) is 12.8. The van der Waals surface area contributed by atoms with Crippen LogP contribution in [0.2, 0.25) is 0 Å². The first-order chi connectivity index (χ1) is 8.13. The highest BCUT2D eigenvalue weighted by Crippen LogP contribution is 2.21. The van der Waals surface area contributed by atoms with Gasteiger partial charge in [-0.2, -0.15) is 11.8 Å². The number of rotatable bonds is 7. The molecule has 0 bridgehead atoms. The van der Waals surface area contributed by atoms with E-state index in [4.69, 9.17) is 4.74 Å². The van der Waals surface area contributed by atoms with Gasteiger partial charge in [-0.25, -0.2) is 0 Å². The molecular formula is C14H22O2S. The quantitative estimate of drug-likeness (QED) is 0.753. The van der Waals surface area contributed by atoms with E-state index in [0.717, 1.165) is 29.2 Å². The number of benzene rings is 1. The zero-order valence-corrected chi connectivity index (χ0v) is 11.7. The topological polar surface area (TPSA) is 29.5 Å². The Hall–Kier alpha value is -0.670. The van der Waals surface area contributed by atoms with Crippen molar-refractivity contribution in [3.63, 3.8) is 0 Å². The fraction of sp³-hybridized carbons (Fsp3) is 0.571. The fourth-order valence-electron chi connectivity index (χ4n) is 1.48. The summed E-state index contributed by atoms with van der Waals surface area (Å²) in [5.74, 6) is 2.72. The van der Waals surface area contributed by atoms with Gasteiger partial charge in [0.05, 0.1) is 12.2 Å². The van der Waals surface area contributed by atoms with Crippen molar-refractivity contribution in [1.29, 1.82) is 0 Å². The Bertz CT molecular complexity index is 309. The molecule has 1 N–H and O–H groups in total. The van der Waals surface area contributed by atoms with Gasteiger partial charge in [-0.15, -0.1) is 0 Å². The molecule has 1 aromatic carbocycles. The van der Waals surface area contributed by atoms with E-state index in [1.807, 2.05) is 38.1 Å². The standard InChI is InChI=1S/C14H22O2S/c1-4-9-17-10-14(15)12-5-7-13(8-6-12)16-11(2)3/h5-8,11,14-15H,4,9-10H2,1-3H3. The van der Waals surface area contributed by atoms with Gasteiger partial charge in [0.1, 0.15) is 5.75 Å². The third-order valence-corrected chi connectivity index (χ3v) is 3.51. The van der Waals surface area contributed by atoms with E-state index in [0.29, 0.717) is 0 Å². The van der Waals surface area contributed by atoms with Crippen molar-refractivity contribution in [3.05, 3.63) is 29.8 Å². The van der Waals surface area contributed by atoms with Gasteiger partial charge in [-0.3, -0.25) is 0 Å². The van der Waals surface area contributed by atoms with Crippen LogP contribution in [0.4, 0.5) is 0 Å². The average molecular weight is 254 g/mol. The predicted molar refractivity (Wildman–Crippen MR) is 74.8 cm³/mol. The van der Waals surface area contributed by atoms with Crippen molar-refractivity contribution >= 4 is 11.8 Å². The van der Waals surface area contributed by atoms with Gasteiger partial charge in [-0.05, 0) is 43.7 Å². The van der Waals surface area contributed by atoms with E-state index < -0.39 is 0 Å². The fourth-order valence-corrected chi connectivity index (χ4v) is 2.35. The van der Waals surface area contributed by atoms with Crippen LogP contribution in [0.3, 0.4) is 0 Å². The molecule has 0 saturated carbocycles. The zero-order chi connectivity index (χ0) is 12.7. The lowest BCUT2D eigenvalue weighted by molar-refractivity contribution is 0.203. The first-order valence-electron chi connectivity index (χ1n) is 6.16. The van der Waals surface area contributed by atoms with Gasteiger partial charge in [0.15, 0.2) is 0 Å². The SMILES string of the molecule is CCCSCC(O)c1ccc(OC(C)C)cc1. The maximum absolute atomic E-state index is 9.96. The minimum atomic E-state index is -0.375. The number of thioether (sulfide) groups is 1. The van der Waals surface area contributed by atoms with Crippen LogP contribution in [0.15, 0.2) is 24.3 Å². The van der Waals surface area contributed by atoms with E-state index in [1.54, 1.807) is 11.8 Å². The lowest BCUT2D eigenvalue weighted by atomic mass is 10.1. The zero-order valence-electron chi connectivity index (χ0n) is 10.8. The molecule has 0 aliphatic carbocycles. The molecule has 1 unspecified atom stereocenters. The Balaban J connectivity index is 2.48. The molecule has 0 aliphatic rings. The molecular weight excluding hydrogens is 232 g/mol. The van der Waals surface area contributed by atoms with Gasteiger partial charge in [0, 0.05) is 5.75 Å². The van der Waals surface area contributed by atoms with E-state index in [2.05, 4.69) is 6.92 Å². The second kappa shape index (κ2) is 7.62. The van der Waals surface area contributed by atoms with Gasteiger partial charge in [0.2, 0.25) is 0 Å². The molecule has 0 fully saturated rings. The average Bonchev–Trinajstić information content (AvgIpc) is 2.29. The molecule has 0 saturated heterocycles. The number of ether oxygens (including phenoxy) is 1. The Kier molecular flexibility index (Phi) is 6.45. The highest BCUT2D eigenvalue weighted by atomic mass is 32.2. The molecule has 0 aliphatic heterocycles. The molecule has 1 rings (SSSR count). The van der Waals surface area contributed by atoms with Crippen molar-refractivity contribution in [3.8, 4) is 5.75 Å². The van der Waals surface area contributed by atoms with Crippen LogP contribution in [0.1, 0.15) is 38.9 Å². The van der Waals surface area contributed by atoms with E-state index in [1.165, 1.54) is 0 Å². The second-order valence-electron chi connectivity index (χ2n) is 4.33. The van der Waals surface area contributed by atoms with Crippen LogP contribution in [-0.4, -0.2) is 22.7 Å². The van der Waals surface area contributed by atoms with E-state index in [-0.39, 0.29) is 12.2 Å². The van der Waals surface area contributed by atoms with Gasteiger partial charge >= 0.3 is 0 Å². The lowest BCUT2D eigenvalue weighted by Crippen LogP contribution is -2.06. The summed E-state index contributed by atoms with van der Waals surface area (Å²) in [4.78, 5) is 0. The van der Waals surface area contributed by atoms with Crippen LogP contribution in [0, 0.1) is 0 Å². The Labute approximate surface area is 108 Å². The molecule has 3 heteroatoms. The van der Waals surface area contributed by atoms with Crippen molar-refractivity contribution in [2.45, 2.75) is 39.4 Å². The predicted octanol–water partition coefficient (Wildman–Crippen LogP) is 3.65. The minimum absolute atomic E-state index is 0.186. The maximum atomic E-state index is 9.96. The summed E-state index contributed by atoms with van der Waals surface area (Å²) in [6, 6.07) is 7.72. The summed E-state index contributed by atoms with van der Waals surface area (Å²) in [5.41, 5.74) is 0.963. The number of aliphatic hydroxyl groups is 1. The maximum Gasteiger partial charge on any atom is 0.119 e. The molecule has 17 heavy (non-hydrogen) atoms. The van der Waals surface area contributed by atoms with Crippen molar-refractivity contribution in [1.82, 2.24) is 0 Å². The number of aliphatic hydroxyl groups excluding tert-OH is 1. The van der Waals surface area contributed by atoms with E-state index >= 15 is 0 Å². The monoisotopic (exact) mass is 254 g/mol. The van der Waals surface area contributed by atoms with Gasteiger partial charge < -0.3 is 9.84 Å². The largest absolute Gasteiger partial charge is 0.491 e. The summed E-state index contributed by atoms with van der Waals surface area (Å²) in [7, 11) is 0. The first kappa shape index (κ1) is 14.4. The van der Waals surface area contributed by atoms with Crippen LogP contribution >= 0.6 is 11.8 Å².